The van der Waals surface area contributed by atoms with Gasteiger partial charge in [-0.05, 0) is 17.7 Å². The second-order valence-corrected chi connectivity index (χ2v) is 5.67. The van der Waals surface area contributed by atoms with E-state index in [9.17, 15) is 4.79 Å². The number of ether oxygens (including phenoxy) is 1. The second kappa shape index (κ2) is 5.81. The Balaban J connectivity index is 1.96. The first-order valence-electron chi connectivity index (χ1n) is 7.77. The fraction of sp³-hybridized carbons (Fsp3) is 0.100. The monoisotopic (exact) mass is 316 g/mol. The number of carbonyl (C=O) groups excluding carboxylic acids is 1. The maximum Gasteiger partial charge on any atom is 0.356 e. The molecule has 0 bridgehead atoms. The average molecular weight is 316 g/mol. The molecule has 0 saturated carbocycles. The molecular formula is C20H16N2O2. The predicted octanol–water partition coefficient (Wildman–Crippen LogP) is 4.02. The van der Waals surface area contributed by atoms with Gasteiger partial charge in [-0.25, -0.2) is 9.78 Å². The van der Waals surface area contributed by atoms with Crippen LogP contribution >= 0.6 is 0 Å². The van der Waals surface area contributed by atoms with Crippen molar-refractivity contribution < 1.29 is 9.53 Å². The zero-order valence-corrected chi connectivity index (χ0v) is 13.3. The standard InChI is InChI=1S/C20H16N2O2/c1-24-20(23)17-11-16-15-9-5-6-10-18(15)22(19(16)12-21-17)13-14-7-3-2-4-8-14/h2-12H,13H2,1H3. The average Bonchev–Trinajstić information content (AvgIpc) is 2.95. The van der Waals surface area contributed by atoms with Crippen LogP contribution in [0.2, 0.25) is 0 Å². The van der Waals surface area contributed by atoms with Gasteiger partial charge in [-0.1, -0.05) is 48.5 Å². The minimum atomic E-state index is -0.420. The van der Waals surface area contributed by atoms with Crippen molar-refractivity contribution in [2.75, 3.05) is 7.11 Å². The van der Waals surface area contributed by atoms with Crippen LogP contribution < -0.4 is 0 Å². The summed E-state index contributed by atoms with van der Waals surface area (Å²) < 4.78 is 7.02. The molecule has 0 spiro atoms. The van der Waals surface area contributed by atoms with E-state index in [1.165, 1.54) is 12.7 Å². The second-order valence-electron chi connectivity index (χ2n) is 5.67. The highest BCUT2D eigenvalue weighted by Crippen LogP contribution is 2.29. The Bertz CT molecular complexity index is 1040. The van der Waals surface area contributed by atoms with Crippen molar-refractivity contribution in [2.45, 2.75) is 6.54 Å². The largest absolute Gasteiger partial charge is 0.464 e. The van der Waals surface area contributed by atoms with Crippen molar-refractivity contribution in [3.05, 3.63) is 78.1 Å². The number of benzene rings is 2. The molecule has 0 amide bonds. The van der Waals surface area contributed by atoms with Crippen LogP contribution in [0.4, 0.5) is 0 Å². The Morgan fingerprint density at radius 2 is 1.75 bits per heavy atom. The Hall–Kier alpha value is -3.14. The number of methoxy groups -OCH3 is 1. The van der Waals surface area contributed by atoms with Crippen LogP contribution in [0.25, 0.3) is 21.8 Å². The lowest BCUT2D eigenvalue weighted by atomic mass is 10.1. The van der Waals surface area contributed by atoms with Gasteiger partial charge in [0.05, 0.1) is 18.8 Å². The quantitative estimate of drug-likeness (QED) is 0.536. The number of aromatic nitrogens is 2. The molecule has 0 unspecified atom stereocenters. The van der Waals surface area contributed by atoms with Gasteiger partial charge in [-0.3, -0.25) is 0 Å². The lowest BCUT2D eigenvalue weighted by Gasteiger charge is -2.07. The molecule has 0 N–H and O–H groups in total. The SMILES string of the molecule is COC(=O)c1cc2c3ccccc3n(Cc3ccccc3)c2cn1. The number of rotatable bonds is 3. The number of hydrogen-bond donors (Lipinski definition) is 0. The third kappa shape index (κ3) is 2.33. The van der Waals surface area contributed by atoms with E-state index in [4.69, 9.17) is 4.74 Å². The molecule has 0 aliphatic carbocycles. The molecule has 4 heteroatoms. The minimum absolute atomic E-state index is 0.326. The fourth-order valence-corrected chi connectivity index (χ4v) is 3.10. The maximum absolute atomic E-state index is 11.8. The van der Waals surface area contributed by atoms with Gasteiger partial charge in [0.15, 0.2) is 0 Å². The van der Waals surface area contributed by atoms with E-state index in [1.807, 2.05) is 36.4 Å². The zero-order valence-electron chi connectivity index (χ0n) is 13.3. The molecule has 2 heterocycles. The van der Waals surface area contributed by atoms with Gasteiger partial charge in [0.1, 0.15) is 5.69 Å². The first kappa shape index (κ1) is 14.5. The molecular weight excluding hydrogens is 300 g/mol. The fourth-order valence-electron chi connectivity index (χ4n) is 3.10. The summed E-state index contributed by atoms with van der Waals surface area (Å²) in [6.07, 6.45) is 1.75. The summed E-state index contributed by atoms with van der Waals surface area (Å²) in [6, 6.07) is 20.3. The Labute approximate surface area is 139 Å². The third-order valence-corrected chi connectivity index (χ3v) is 4.24. The predicted molar refractivity (Wildman–Crippen MR) is 94.1 cm³/mol. The lowest BCUT2D eigenvalue weighted by Crippen LogP contribution is -2.04. The van der Waals surface area contributed by atoms with Gasteiger partial charge in [-0.2, -0.15) is 0 Å². The molecule has 4 rings (SSSR count). The normalized spacial score (nSPS) is 11.0. The van der Waals surface area contributed by atoms with Crippen molar-refractivity contribution >= 4 is 27.8 Å². The topological polar surface area (TPSA) is 44.1 Å². The summed E-state index contributed by atoms with van der Waals surface area (Å²) in [5.41, 5.74) is 3.68. The summed E-state index contributed by atoms with van der Waals surface area (Å²) in [6.45, 7) is 0.754. The Morgan fingerprint density at radius 3 is 2.54 bits per heavy atom. The first-order valence-corrected chi connectivity index (χ1v) is 7.77. The van der Waals surface area contributed by atoms with Crippen LogP contribution in [0.5, 0.6) is 0 Å². The summed E-state index contributed by atoms with van der Waals surface area (Å²) in [4.78, 5) is 16.1. The van der Waals surface area contributed by atoms with Gasteiger partial charge >= 0.3 is 5.97 Å². The molecule has 118 valence electrons. The molecule has 24 heavy (non-hydrogen) atoms. The molecule has 4 aromatic rings. The van der Waals surface area contributed by atoms with Crippen molar-refractivity contribution in [3.63, 3.8) is 0 Å². The Kier molecular flexibility index (Phi) is 3.50. The lowest BCUT2D eigenvalue weighted by molar-refractivity contribution is 0.0594. The number of pyridine rings is 1. The molecule has 0 aliphatic heterocycles. The van der Waals surface area contributed by atoms with E-state index in [0.717, 1.165) is 28.4 Å². The Morgan fingerprint density at radius 1 is 1.00 bits per heavy atom. The molecule has 0 saturated heterocycles. The summed E-state index contributed by atoms with van der Waals surface area (Å²) >= 11 is 0. The zero-order chi connectivity index (χ0) is 16.5. The van der Waals surface area contributed by atoms with E-state index in [1.54, 1.807) is 6.20 Å². The van der Waals surface area contributed by atoms with E-state index < -0.39 is 5.97 Å². The van der Waals surface area contributed by atoms with Crippen molar-refractivity contribution in [3.8, 4) is 0 Å². The maximum atomic E-state index is 11.8. The summed E-state index contributed by atoms with van der Waals surface area (Å²) in [7, 11) is 1.37. The highest BCUT2D eigenvalue weighted by atomic mass is 16.5. The molecule has 4 nitrogen and oxygen atoms in total. The van der Waals surface area contributed by atoms with E-state index in [2.05, 4.69) is 33.8 Å². The number of nitrogens with zero attached hydrogens (tertiary/aromatic N) is 2. The van der Waals surface area contributed by atoms with E-state index >= 15 is 0 Å². The van der Waals surface area contributed by atoms with Crippen molar-refractivity contribution in [1.82, 2.24) is 9.55 Å². The van der Waals surface area contributed by atoms with Crippen LogP contribution in [0, 0.1) is 0 Å². The van der Waals surface area contributed by atoms with Crippen LogP contribution in [0.3, 0.4) is 0 Å². The molecule has 0 aliphatic rings. The third-order valence-electron chi connectivity index (χ3n) is 4.24. The molecule has 0 atom stereocenters. The summed E-state index contributed by atoms with van der Waals surface area (Å²) in [5.74, 6) is -0.420. The van der Waals surface area contributed by atoms with Gasteiger partial charge in [0.2, 0.25) is 0 Å². The number of hydrogen-bond acceptors (Lipinski definition) is 3. The smallest absolute Gasteiger partial charge is 0.356 e. The highest BCUT2D eigenvalue weighted by Gasteiger charge is 2.14. The first-order chi connectivity index (χ1) is 11.8. The van der Waals surface area contributed by atoms with Crippen LogP contribution in [0.15, 0.2) is 66.9 Å². The van der Waals surface area contributed by atoms with Crippen LogP contribution in [0.1, 0.15) is 16.1 Å². The van der Waals surface area contributed by atoms with E-state index in [-0.39, 0.29) is 0 Å². The van der Waals surface area contributed by atoms with Crippen molar-refractivity contribution in [1.29, 1.82) is 0 Å². The minimum Gasteiger partial charge on any atom is -0.464 e. The van der Waals surface area contributed by atoms with Gasteiger partial charge < -0.3 is 9.30 Å². The highest BCUT2D eigenvalue weighted by molar-refractivity contribution is 6.09. The number of carbonyl (C=O) groups is 1. The van der Waals surface area contributed by atoms with Gasteiger partial charge in [0, 0.05) is 22.8 Å². The van der Waals surface area contributed by atoms with Gasteiger partial charge in [0.25, 0.3) is 0 Å². The molecule has 0 fully saturated rings. The van der Waals surface area contributed by atoms with E-state index in [0.29, 0.717) is 5.69 Å². The number of para-hydroxylation sites is 1. The van der Waals surface area contributed by atoms with Crippen molar-refractivity contribution in [2.24, 2.45) is 0 Å². The van der Waals surface area contributed by atoms with Crippen LogP contribution in [-0.4, -0.2) is 22.6 Å². The van der Waals surface area contributed by atoms with Crippen LogP contribution in [-0.2, 0) is 11.3 Å². The van der Waals surface area contributed by atoms with Gasteiger partial charge in [-0.15, -0.1) is 0 Å². The number of esters is 1. The molecule has 2 aromatic carbocycles. The summed E-state index contributed by atoms with van der Waals surface area (Å²) in [5, 5.41) is 2.12. The number of fused-ring (bicyclic) bond motifs is 3. The molecule has 0 radical (unpaired) electrons. The molecule has 2 aromatic heterocycles.